The van der Waals surface area contributed by atoms with Gasteiger partial charge in [-0.3, -0.25) is 4.79 Å². The molecule has 0 fully saturated rings. The highest BCUT2D eigenvalue weighted by atomic mass is 16.6. The van der Waals surface area contributed by atoms with Crippen LogP contribution >= 0.6 is 0 Å². The molecule has 2 aromatic rings. The van der Waals surface area contributed by atoms with Crippen LogP contribution in [-0.2, 0) is 6.42 Å². The van der Waals surface area contributed by atoms with Crippen molar-refractivity contribution in [1.29, 1.82) is 0 Å². The van der Waals surface area contributed by atoms with Crippen molar-refractivity contribution in [3.63, 3.8) is 0 Å². The largest absolute Gasteiger partial charge is 0.486 e. The van der Waals surface area contributed by atoms with Gasteiger partial charge in [-0.2, -0.15) is 0 Å². The van der Waals surface area contributed by atoms with Crippen LogP contribution in [0, 0.1) is 0 Å². The van der Waals surface area contributed by atoms with Crippen LogP contribution in [0.25, 0.3) is 0 Å². The van der Waals surface area contributed by atoms with E-state index in [0.29, 0.717) is 30.3 Å². The molecule has 1 amide bonds. The summed E-state index contributed by atoms with van der Waals surface area (Å²) >= 11 is 0. The molecule has 0 radical (unpaired) electrons. The minimum atomic E-state index is -0.145. The minimum absolute atomic E-state index is 0.145. The maximum atomic E-state index is 12.4. The Morgan fingerprint density at radius 2 is 1.86 bits per heavy atom. The molecular weight excluding hydrogens is 266 g/mol. The average Bonchev–Trinajstić information content (AvgIpc) is 2.55. The Labute approximate surface area is 123 Å². The quantitative estimate of drug-likeness (QED) is 0.940. The number of rotatable bonds is 3. The fourth-order valence-electron chi connectivity index (χ4n) is 2.33. The van der Waals surface area contributed by atoms with Gasteiger partial charge in [0.25, 0.3) is 5.91 Å². The molecule has 3 rings (SSSR count). The first-order valence-electron chi connectivity index (χ1n) is 7.07. The summed E-state index contributed by atoms with van der Waals surface area (Å²) in [7, 11) is 0. The molecule has 0 atom stereocenters. The predicted molar refractivity (Wildman–Crippen MR) is 81.2 cm³/mol. The van der Waals surface area contributed by atoms with E-state index in [4.69, 9.17) is 9.47 Å². The maximum absolute atomic E-state index is 12.4. The van der Waals surface area contributed by atoms with Gasteiger partial charge in [-0.05, 0) is 36.2 Å². The minimum Gasteiger partial charge on any atom is -0.486 e. The predicted octanol–water partition coefficient (Wildman–Crippen LogP) is 3.27. The Morgan fingerprint density at radius 3 is 2.67 bits per heavy atom. The highest BCUT2D eigenvalue weighted by molar-refractivity contribution is 6.05. The normalized spacial score (nSPS) is 12.8. The zero-order valence-corrected chi connectivity index (χ0v) is 11.9. The second kappa shape index (κ2) is 5.87. The zero-order chi connectivity index (χ0) is 14.7. The van der Waals surface area contributed by atoms with Crippen LogP contribution in [0.15, 0.2) is 42.5 Å². The molecule has 4 nitrogen and oxygen atoms in total. The van der Waals surface area contributed by atoms with Gasteiger partial charge in [-0.15, -0.1) is 0 Å². The van der Waals surface area contributed by atoms with Gasteiger partial charge in [0.15, 0.2) is 11.5 Å². The number of para-hydroxylation sites is 1. The number of hydrogen-bond donors (Lipinski definition) is 1. The highest BCUT2D eigenvalue weighted by Gasteiger charge is 2.15. The third-order valence-electron chi connectivity index (χ3n) is 3.45. The second-order valence-corrected chi connectivity index (χ2v) is 4.82. The van der Waals surface area contributed by atoms with Gasteiger partial charge in [-0.25, -0.2) is 0 Å². The lowest BCUT2D eigenvalue weighted by molar-refractivity contribution is 0.102. The summed E-state index contributed by atoms with van der Waals surface area (Å²) in [6.45, 7) is 3.12. The SMILES string of the molecule is CCc1ccccc1NC(=O)c1ccc2c(c1)OCCO2. The summed E-state index contributed by atoms with van der Waals surface area (Å²) in [5, 5.41) is 2.95. The molecule has 2 aromatic carbocycles. The Bertz CT molecular complexity index is 667. The van der Waals surface area contributed by atoms with Gasteiger partial charge in [-0.1, -0.05) is 25.1 Å². The van der Waals surface area contributed by atoms with Crippen molar-refractivity contribution in [2.75, 3.05) is 18.5 Å². The molecule has 1 N–H and O–H groups in total. The fraction of sp³-hybridized carbons (Fsp3) is 0.235. The third kappa shape index (κ3) is 2.84. The number of nitrogens with one attached hydrogen (secondary N) is 1. The van der Waals surface area contributed by atoms with Gasteiger partial charge in [0.05, 0.1) is 0 Å². The molecule has 0 spiro atoms. The van der Waals surface area contributed by atoms with Gasteiger partial charge < -0.3 is 14.8 Å². The number of aryl methyl sites for hydroxylation is 1. The average molecular weight is 283 g/mol. The van der Waals surface area contributed by atoms with Crippen molar-refractivity contribution in [2.24, 2.45) is 0 Å². The monoisotopic (exact) mass is 283 g/mol. The van der Waals surface area contributed by atoms with Crippen molar-refractivity contribution in [3.8, 4) is 11.5 Å². The van der Waals surface area contributed by atoms with E-state index in [1.807, 2.05) is 24.3 Å². The summed E-state index contributed by atoms with van der Waals surface area (Å²) < 4.78 is 11.0. The molecule has 1 heterocycles. The summed E-state index contributed by atoms with van der Waals surface area (Å²) in [4.78, 5) is 12.4. The van der Waals surface area contributed by atoms with E-state index >= 15 is 0 Å². The molecule has 21 heavy (non-hydrogen) atoms. The molecule has 4 heteroatoms. The number of fused-ring (bicyclic) bond motifs is 1. The van der Waals surface area contributed by atoms with Gasteiger partial charge >= 0.3 is 0 Å². The van der Waals surface area contributed by atoms with Gasteiger partial charge in [0.2, 0.25) is 0 Å². The summed E-state index contributed by atoms with van der Waals surface area (Å²) in [5.74, 6) is 1.16. The molecule has 1 aliphatic heterocycles. The molecule has 0 saturated carbocycles. The lowest BCUT2D eigenvalue weighted by Gasteiger charge is -2.18. The smallest absolute Gasteiger partial charge is 0.255 e. The number of benzene rings is 2. The van der Waals surface area contributed by atoms with Crippen LogP contribution in [0.2, 0.25) is 0 Å². The number of carbonyl (C=O) groups excluding carboxylic acids is 1. The van der Waals surface area contributed by atoms with Crippen molar-refractivity contribution >= 4 is 11.6 Å². The summed E-state index contributed by atoms with van der Waals surface area (Å²) in [6, 6.07) is 13.1. The van der Waals surface area contributed by atoms with Gasteiger partial charge in [0.1, 0.15) is 13.2 Å². The van der Waals surface area contributed by atoms with Crippen LogP contribution < -0.4 is 14.8 Å². The maximum Gasteiger partial charge on any atom is 0.255 e. The molecular formula is C17H17NO3. The Hall–Kier alpha value is -2.49. The Kier molecular flexibility index (Phi) is 3.77. The molecule has 1 aliphatic rings. The number of anilines is 1. The summed E-state index contributed by atoms with van der Waals surface area (Å²) in [6.07, 6.45) is 0.873. The van der Waals surface area contributed by atoms with E-state index in [0.717, 1.165) is 17.7 Å². The van der Waals surface area contributed by atoms with E-state index < -0.39 is 0 Å². The van der Waals surface area contributed by atoms with E-state index in [1.54, 1.807) is 18.2 Å². The topological polar surface area (TPSA) is 47.6 Å². The number of amides is 1. The molecule has 0 saturated heterocycles. The van der Waals surface area contributed by atoms with Crippen molar-refractivity contribution < 1.29 is 14.3 Å². The second-order valence-electron chi connectivity index (χ2n) is 4.82. The third-order valence-corrected chi connectivity index (χ3v) is 3.45. The van der Waals surface area contributed by atoms with Crippen LogP contribution in [-0.4, -0.2) is 19.1 Å². The lowest BCUT2D eigenvalue weighted by Crippen LogP contribution is -2.17. The van der Waals surface area contributed by atoms with E-state index in [-0.39, 0.29) is 5.91 Å². The number of hydrogen-bond acceptors (Lipinski definition) is 3. The molecule has 108 valence electrons. The van der Waals surface area contributed by atoms with Gasteiger partial charge in [0, 0.05) is 11.3 Å². The number of ether oxygens (including phenoxy) is 2. The van der Waals surface area contributed by atoms with Crippen molar-refractivity contribution in [1.82, 2.24) is 0 Å². The Morgan fingerprint density at radius 1 is 1.10 bits per heavy atom. The van der Waals surface area contributed by atoms with E-state index in [2.05, 4.69) is 12.2 Å². The van der Waals surface area contributed by atoms with E-state index in [1.165, 1.54) is 0 Å². The lowest BCUT2D eigenvalue weighted by atomic mass is 10.1. The molecule has 0 bridgehead atoms. The fourth-order valence-corrected chi connectivity index (χ4v) is 2.33. The first-order valence-corrected chi connectivity index (χ1v) is 7.07. The van der Waals surface area contributed by atoms with Crippen LogP contribution in [0.4, 0.5) is 5.69 Å². The molecule has 0 aliphatic carbocycles. The van der Waals surface area contributed by atoms with Crippen molar-refractivity contribution in [2.45, 2.75) is 13.3 Å². The summed E-state index contributed by atoms with van der Waals surface area (Å²) in [5.41, 5.74) is 2.52. The molecule has 0 unspecified atom stereocenters. The molecule has 0 aromatic heterocycles. The standard InChI is InChI=1S/C17H17NO3/c1-2-12-5-3-4-6-14(12)18-17(19)13-7-8-15-16(11-13)21-10-9-20-15/h3-8,11H,2,9-10H2,1H3,(H,18,19). The Balaban J connectivity index is 1.82. The van der Waals surface area contributed by atoms with Crippen molar-refractivity contribution in [3.05, 3.63) is 53.6 Å². The first kappa shape index (κ1) is 13.5. The van der Waals surface area contributed by atoms with Crippen LogP contribution in [0.1, 0.15) is 22.8 Å². The zero-order valence-electron chi connectivity index (χ0n) is 11.9. The number of carbonyl (C=O) groups is 1. The van der Waals surface area contributed by atoms with Crippen LogP contribution in [0.3, 0.4) is 0 Å². The van der Waals surface area contributed by atoms with E-state index in [9.17, 15) is 4.79 Å². The van der Waals surface area contributed by atoms with Crippen LogP contribution in [0.5, 0.6) is 11.5 Å². The first-order chi connectivity index (χ1) is 10.3. The highest BCUT2D eigenvalue weighted by Crippen LogP contribution is 2.31.